The van der Waals surface area contributed by atoms with E-state index >= 15 is 0 Å². The van der Waals surface area contributed by atoms with Crippen LogP contribution in [0.3, 0.4) is 0 Å². The zero-order chi connectivity index (χ0) is 17.3. The number of benzene rings is 1. The van der Waals surface area contributed by atoms with E-state index in [0.29, 0.717) is 26.4 Å². The zero-order valence-electron chi connectivity index (χ0n) is 12.5. The molecule has 0 bridgehead atoms. The summed E-state index contributed by atoms with van der Waals surface area (Å²) in [5.41, 5.74) is 6.47. The quantitative estimate of drug-likeness (QED) is 0.482. The lowest BCUT2D eigenvalue weighted by Gasteiger charge is -2.06. The van der Waals surface area contributed by atoms with E-state index in [1.807, 2.05) is 35.7 Å². The summed E-state index contributed by atoms with van der Waals surface area (Å²) in [5.74, 6) is 0. The Kier molecular flexibility index (Phi) is 4.68. The molecule has 0 aliphatic heterocycles. The van der Waals surface area contributed by atoms with E-state index in [1.165, 1.54) is 0 Å². The summed E-state index contributed by atoms with van der Waals surface area (Å²) in [4.78, 5) is 0. The molecule has 2 aromatic heterocycles. The Morgan fingerprint density at radius 3 is 2.58 bits per heavy atom. The molecule has 0 aliphatic rings. The second-order valence-corrected chi connectivity index (χ2v) is 6.32. The maximum Gasteiger partial charge on any atom is 0.128 e. The molecule has 0 amide bonds. The second kappa shape index (κ2) is 6.74. The predicted molar refractivity (Wildman–Crippen MR) is 99.5 cm³/mol. The Morgan fingerprint density at radius 2 is 1.92 bits per heavy atom. The highest BCUT2D eigenvalue weighted by molar-refractivity contribution is 6.41. The van der Waals surface area contributed by atoms with Gasteiger partial charge in [0.1, 0.15) is 11.8 Å². The third-order valence-corrected chi connectivity index (χ3v) is 4.43. The number of aromatic nitrogens is 1. The molecule has 1 aromatic carbocycles. The topological polar surface area (TPSA) is 52.6 Å². The summed E-state index contributed by atoms with van der Waals surface area (Å²) in [6, 6.07) is 11.1. The first-order valence-corrected chi connectivity index (χ1v) is 8.09. The summed E-state index contributed by atoms with van der Waals surface area (Å²) in [6.45, 7) is 1.88. The third-order valence-electron chi connectivity index (χ3n) is 3.62. The number of halogens is 3. The van der Waals surface area contributed by atoms with Crippen molar-refractivity contribution in [1.29, 1.82) is 5.26 Å². The van der Waals surface area contributed by atoms with Gasteiger partial charge in [-0.05, 0) is 36.8 Å². The second-order valence-electron chi connectivity index (χ2n) is 5.07. The van der Waals surface area contributed by atoms with Gasteiger partial charge in [-0.3, -0.25) is 5.43 Å². The van der Waals surface area contributed by atoms with Gasteiger partial charge in [-0.1, -0.05) is 40.9 Å². The van der Waals surface area contributed by atoms with Crippen molar-refractivity contribution in [2.24, 2.45) is 5.10 Å². The number of hydrazone groups is 1. The van der Waals surface area contributed by atoms with Crippen LogP contribution >= 0.6 is 34.8 Å². The van der Waals surface area contributed by atoms with Crippen molar-refractivity contribution in [2.75, 3.05) is 5.43 Å². The van der Waals surface area contributed by atoms with Crippen LogP contribution in [0.2, 0.25) is 15.1 Å². The average Bonchev–Trinajstić information content (AvgIpc) is 2.81. The van der Waals surface area contributed by atoms with Crippen molar-refractivity contribution >= 4 is 52.2 Å². The first kappa shape index (κ1) is 16.7. The maximum absolute atomic E-state index is 9.35. The zero-order valence-corrected chi connectivity index (χ0v) is 14.8. The molecule has 2 heterocycles. The molecular weight excluding hydrogens is 367 g/mol. The SMILES string of the molecule is Cc1c(C=NNc2c(Cl)cc(Cl)cc2Cl)c2ccccn2c1C#N. The number of rotatable bonds is 3. The molecule has 7 heteroatoms. The first-order valence-electron chi connectivity index (χ1n) is 6.96. The van der Waals surface area contributed by atoms with Crippen LogP contribution in [-0.2, 0) is 0 Å². The largest absolute Gasteiger partial charge is 0.307 e. The number of pyridine rings is 1. The Labute approximate surface area is 153 Å². The van der Waals surface area contributed by atoms with Crippen molar-refractivity contribution in [3.8, 4) is 6.07 Å². The molecule has 0 aliphatic carbocycles. The van der Waals surface area contributed by atoms with E-state index in [4.69, 9.17) is 34.8 Å². The van der Waals surface area contributed by atoms with Crippen molar-refractivity contribution in [1.82, 2.24) is 4.40 Å². The number of fused-ring (bicyclic) bond motifs is 1. The fraction of sp³-hybridized carbons (Fsp3) is 0.0588. The molecule has 4 nitrogen and oxygen atoms in total. The van der Waals surface area contributed by atoms with Crippen LogP contribution < -0.4 is 5.43 Å². The van der Waals surface area contributed by atoms with Gasteiger partial charge in [0.15, 0.2) is 0 Å². The fourth-order valence-electron chi connectivity index (χ4n) is 2.47. The van der Waals surface area contributed by atoms with Gasteiger partial charge in [-0.25, -0.2) is 0 Å². The van der Waals surface area contributed by atoms with E-state index in [-0.39, 0.29) is 0 Å². The predicted octanol–water partition coefficient (Wildman–Crippen LogP) is 5.53. The summed E-state index contributed by atoms with van der Waals surface area (Å²) in [6.07, 6.45) is 3.49. The molecule has 0 radical (unpaired) electrons. The van der Waals surface area contributed by atoms with Gasteiger partial charge >= 0.3 is 0 Å². The Hall–Kier alpha value is -2.19. The molecular formula is C17H11Cl3N4. The molecule has 0 atom stereocenters. The standard InChI is InChI=1S/C17H11Cl3N4/c1-10-12(15-4-2-3-5-24(15)16(10)8-21)9-22-23-17-13(19)6-11(18)7-14(17)20/h2-7,9,23H,1H3. The first-order chi connectivity index (χ1) is 11.5. The van der Waals surface area contributed by atoms with Crippen LogP contribution in [0.15, 0.2) is 41.6 Å². The minimum Gasteiger partial charge on any atom is -0.307 e. The van der Waals surface area contributed by atoms with Gasteiger partial charge in [-0.2, -0.15) is 10.4 Å². The number of nitriles is 1. The number of anilines is 1. The minimum absolute atomic E-state index is 0.376. The van der Waals surface area contributed by atoms with Crippen molar-refractivity contribution in [3.63, 3.8) is 0 Å². The number of hydrogen-bond donors (Lipinski definition) is 1. The van der Waals surface area contributed by atoms with E-state index in [9.17, 15) is 5.26 Å². The third kappa shape index (κ3) is 2.94. The summed E-state index contributed by atoms with van der Waals surface area (Å²) >= 11 is 18.1. The van der Waals surface area contributed by atoms with Crippen LogP contribution in [0.4, 0.5) is 5.69 Å². The van der Waals surface area contributed by atoms with E-state index < -0.39 is 0 Å². The van der Waals surface area contributed by atoms with Crippen LogP contribution in [0.1, 0.15) is 16.8 Å². The van der Waals surface area contributed by atoms with Gasteiger partial charge in [0.2, 0.25) is 0 Å². The normalized spacial score (nSPS) is 11.1. The maximum atomic E-state index is 9.35. The van der Waals surface area contributed by atoms with E-state index in [1.54, 1.807) is 18.3 Å². The lowest BCUT2D eigenvalue weighted by Crippen LogP contribution is -1.93. The Bertz CT molecular complexity index is 976. The van der Waals surface area contributed by atoms with Crippen LogP contribution in [0, 0.1) is 18.3 Å². The van der Waals surface area contributed by atoms with Crippen LogP contribution in [0.25, 0.3) is 5.52 Å². The monoisotopic (exact) mass is 376 g/mol. The highest BCUT2D eigenvalue weighted by atomic mass is 35.5. The summed E-state index contributed by atoms with van der Waals surface area (Å²) in [7, 11) is 0. The lowest BCUT2D eigenvalue weighted by atomic mass is 10.1. The number of hydrogen-bond acceptors (Lipinski definition) is 3. The molecule has 24 heavy (non-hydrogen) atoms. The van der Waals surface area contributed by atoms with E-state index in [0.717, 1.165) is 16.6 Å². The average molecular weight is 378 g/mol. The summed E-state index contributed by atoms with van der Waals surface area (Å²) < 4.78 is 1.83. The highest BCUT2D eigenvalue weighted by Crippen LogP contribution is 2.33. The molecule has 1 N–H and O–H groups in total. The van der Waals surface area contributed by atoms with Crippen molar-refractivity contribution in [2.45, 2.75) is 6.92 Å². The van der Waals surface area contributed by atoms with Crippen molar-refractivity contribution < 1.29 is 0 Å². The molecule has 0 unspecified atom stereocenters. The molecule has 0 saturated carbocycles. The van der Waals surface area contributed by atoms with Gasteiger partial charge in [0.05, 0.1) is 27.5 Å². The number of nitrogens with zero attached hydrogens (tertiary/aromatic N) is 3. The Balaban J connectivity index is 1.98. The Morgan fingerprint density at radius 1 is 1.21 bits per heavy atom. The fourth-order valence-corrected chi connectivity index (χ4v) is 3.37. The van der Waals surface area contributed by atoms with E-state index in [2.05, 4.69) is 16.6 Å². The van der Waals surface area contributed by atoms with Gasteiger partial charge in [-0.15, -0.1) is 0 Å². The minimum atomic E-state index is 0.376. The smallest absolute Gasteiger partial charge is 0.128 e. The molecule has 3 rings (SSSR count). The lowest BCUT2D eigenvalue weighted by molar-refractivity contribution is 1.14. The summed E-state index contributed by atoms with van der Waals surface area (Å²) in [5, 5.41) is 14.8. The highest BCUT2D eigenvalue weighted by Gasteiger charge is 2.13. The van der Waals surface area contributed by atoms with Crippen LogP contribution in [-0.4, -0.2) is 10.6 Å². The molecule has 0 spiro atoms. The molecule has 120 valence electrons. The molecule has 0 saturated heterocycles. The molecule has 3 aromatic rings. The van der Waals surface area contributed by atoms with Gasteiger partial charge in [0.25, 0.3) is 0 Å². The molecule has 0 fully saturated rings. The van der Waals surface area contributed by atoms with Crippen LogP contribution in [0.5, 0.6) is 0 Å². The van der Waals surface area contributed by atoms with Gasteiger partial charge < -0.3 is 4.40 Å². The van der Waals surface area contributed by atoms with Crippen molar-refractivity contribution in [3.05, 3.63) is 68.4 Å². The van der Waals surface area contributed by atoms with Gasteiger partial charge in [0, 0.05) is 16.8 Å². The number of nitrogens with one attached hydrogen (secondary N) is 1.